The Balaban J connectivity index is 2.44. The van der Waals surface area contributed by atoms with Crippen molar-refractivity contribution in [2.45, 2.75) is 48.2 Å². The molecular weight excluding hydrogens is 446 g/mol. The molecule has 5 heteroatoms. The number of hydrogen-bond acceptors (Lipinski definition) is 4. The molecule has 1 unspecified atom stereocenters. The molecule has 0 aliphatic heterocycles. The standard InChI is InChI=1S/C24H32BrNO2S/c1-5-7-8-9-17-28-21-11-10-20(26(3)16-6-2)22(23(21)29-4)24(25)14-12-19(18-27)13-15-24/h6,10-14,18H,2,5,7-9,15-17H2,1,3-4H3. The summed E-state index contributed by atoms with van der Waals surface area (Å²) < 4.78 is 5.83. The Hall–Kier alpha value is -1.46. The number of benzene rings is 1. The van der Waals surface area contributed by atoms with Gasteiger partial charge in [0.2, 0.25) is 0 Å². The first-order valence-electron chi connectivity index (χ1n) is 10.2. The average molecular weight is 478 g/mol. The number of halogens is 1. The summed E-state index contributed by atoms with van der Waals surface area (Å²) in [7, 11) is 2.07. The van der Waals surface area contributed by atoms with Gasteiger partial charge in [0.1, 0.15) is 12.0 Å². The highest BCUT2D eigenvalue weighted by molar-refractivity contribution is 9.09. The molecule has 0 fully saturated rings. The molecule has 0 bridgehead atoms. The maximum atomic E-state index is 11.2. The average Bonchev–Trinajstić information content (AvgIpc) is 2.73. The van der Waals surface area contributed by atoms with Gasteiger partial charge in [0.25, 0.3) is 0 Å². The van der Waals surface area contributed by atoms with Crippen molar-refractivity contribution in [2.24, 2.45) is 0 Å². The van der Waals surface area contributed by atoms with Gasteiger partial charge >= 0.3 is 0 Å². The molecule has 0 saturated heterocycles. The number of aldehydes is 1. The Labute approximate surface area is 188 Å². The van der Waals surface area contributed by atoms with Gasteiger partial charge in [-0.1, -0.05) is 66.4 Å². The normalized spacial score (nSPS) is 18.3. The predicted octanol–water partition coefficient (Wildman–Crippen LogP) is 6.67. The number of likely N-dealkylation sites (N-methyl/N-ethyl adjacent to an activating group) is 1. The highest BCUT2D eigenvalue weighted by Crippen LogP contribution is 2.50. The van der Waals surface area contributed by atoms with E-state index in [1.54, 1.807) is 11.8 Å². The number of carbonyl (C=O) groups excluding carboxylic acids is 1. The molecule has 0 heterocycles. The largest absolute Gasteiger partial charge is 0.492 e. The van der Waals surface area contributed by atoms with E-state index in [-0.39, 0.29) is 4.32 Å². The second kappa shape index (κ2) is 11.7. The van der Waals surface area contributed by atoms with E-state index in [1.807, 2.05) is 18.2 Å². The summed E-state index contributed by atoms with van der Waals surface area (Å²) in [5.74, 6) is 0.928. The van der Waals surface area contributed by atoms with Crippen LogP contribution in [0.3, 0.4) is 0 Å². The molecule has 1 aromatic carbocycles. The Morgan fingerprint density at radius 2 is 2.14 bits per heavy atom. The Kier molecular flexibility index (Phi) is 9.57. The van der Waals surface area contributed by atoms with Crippen molar-refractivity contribution in [3.8, 4) is 5.75 Å². The van der Waals surface area contributed by atoms with Crippen LogP contribution in [0.5, 0.6) is 5.75 Å². The molecule has 2 rings (SSSR count). The maximum Gasteiger partial charge on any atom is 0.149 e. The molecule has 1 aliphatic rings. The fourth-order valence-electron chi connectivity index (χ4n) is 3.50. The highest BCUT2D eigenvalue weighted by Gasteiger charge is 2.34. The summed E-state index contributed by atoms with van der Waals surface area (Å²) in [5, 5.41) is 0. The van der Waals surface area contributed by atoms with Crippen molar-refractivity contribution in [3.63, 3.8) is 0 Å². The molecule has 1 aromatic rings. The van der Waals surface area contributed by atoms with Gasteiger partial charge < -0.3 is 9.64 Å². The van der Waals surface area contributed by atoms with Gasteiger partial charge in [0.05, 0.1) is 15.8 Å². The zero-order chi connectivity index (χ0) is 21.3. The van der Waals surface area contributed by atoms with Gasteiger partial charge in [-0.05, 0) is 31.2 Å². The first-order chi connectivity index (χ1) is 14.0. The number of allylic oxidation sites excluding steroid dienone is 4. The Bertz CT molecular complexity index is 774. The molecule has 0 saturated carbocycles. The van der Waals surface area contributed by atoms with Crippen LogP contribution in [0.4, 0.5) is 5.69 Å². The van der Waals surface area contributed by atoms with E-state index in [4.69, 9.17) is 4.74 Å². The van der Waals surface area contributed by atoms with E-state index in [2.05, 4.69) is 65.8 Å². The van der Waals surface area contributed by atoms with Gasteiger partial charge in [0.15, 0.2) is 0 Å². The second-order valence-electron chi connectivity index (χ2n) is 7.29. The lowest BCUT2D eigenvalue weighted by molar-refractivity contribution is -0.104. The third-order valence-corrected chi connectivity index (χ3v) is 6.90. The van der Waals surface area contributed by atoms with Crippen molar-refractivity contribution >= 4 is 39.7 Å². The van der Waals surface area contributed by atoms with Crippen LogP contribution in [0.15, 0.2) is 53.5 Å². The molecule has 29 heavy (non-hydrogen) atoms. The van der Waals surface area contributed by atoms with Crippen LogP contribution < -0.4 is 9.64 Å². The van der Waals surface area contributed by atoms with Crippen LogP contribution in [0, 0.1) is 0 Å². The smallest absolute Gasteiger partial charge is 0.149 e. The minimum Gasteiger partial charge on any atom is -0.492 e. The van der Waals surface area contributed by atoms with Crippen molar-refractivity contribution in [1.29, 1.82) is 0 Å². The number of thioether (sulfide) groups is 1. The summed E-state index contributed by atoms with van der Waals surface area (Å²) in [6, 6.07) is 4.22. The molecular formula is C24H32BrNO2S. The quantitative estimate of drug-likeness (QED) is 0.110. The number of ether oxygens (including phenoxy) is 1. The van der Waals surface area contributed by atoms with Gasteiger partial charge in [0, 0.05) is 30.4 Å². The molecule has 0 spiro atoms. The molecule has 0 aromatic heterocycles. The number of carbonyl (C=O) groups is 1. The molecule has 1 atom stereocenters. The van der Waals surface area contributed by atoms with Crippen LogP contribution in [0.2, 0.25) is 0 Å². The monoisotopic (exact) mass is 477 g/mol. The first-order valence-corrected chi connectivity index (χ1v) is 12.2. The van der Waals surface area contributed by atoms with Gasteiger partial charge in [-0.3, -0.25) is 4.79 Å². The van der Waals surface area contributed by atoms with Crippen molar-refractivity contribution in [2.75, 3.05) is 31.4 Å². The summed E-state index contributed by atoms with van der Waals surface area (Å²) in [6.07, 6.45) is 16.3. The second-order valence-corrected chi connectivity index (χ2v) is 9.52. The van der Waals surface area contributed by atoms with E-state index in [1.165, 1.54) is 24.8 Å². The molecule has 0 radical (unpaired) electrons. The summed E-state index contributed by atoms with van der Waals surface area (Å²) in [6.45, 7) is 7.59. The Morgan fingerprint density at radius 3 is 2.72 bits per heavy atom. The summed E-state index contributed by atoms with van der Waals surface area (Å²) in [5.41, 5.74) is 3.03. The zero-order valence-electron chi connectivity index (χ0n) is 17.7. The third-order valence-electron chi connectivity index (χ3n) is 5.10. The molecule has 1 aliphatic carbocycles. The van der Waals surface area contributed by atoms with E-state index < -0.39 is 0 Å². The van der Waals surface area contributed by atoms with E-state index in [9.17, 15) is 4.79 Å². The number of rotatable bonds is 12. The van der Waals surface area contributed by atoms with Crippen molar-refractivity contribution in [1.82, 2.24) is 0 Å². The van der Waals surface area contributed by atoms with Crippen LogP contribution in [-0.4, -0.2) is 32.7 Å². The SMILES string of the molecule is C=CCN(C)c1ccc(OCCCCCC)c(SC)c1C1(Br)C=CC(C=O)=CC1. The number of alkyl halides is 1. The van der Waals surface area contributed by atoms with Crippen LogP contribution >= 0.6 is 27.7 Å². The highest BCUT2D eigenvalue weighted by atomic mass is 79.9. The number of unbranched alkanes of at least 4 members (excludes halogenated alkanes) is 3. The molecule has 158 valence electrons. The number of anilines is 1. The van der Waals surface area contributed by atoms with Crippen LogP contribution in [0.1, 0.15) is 44.6 Å². The van der Waals surface area contributed by atoms with E-state index in [0.29, 0.717) is 6.42 Å². The maximum absolute atomic E-state index is 11.2. The van der Waals surface area contributed by atoms with Gasteiger partial charge in [-0.15, -0.1) is 18.3 Å². The van der Waals surface area contributed by atoms with Crippen molar-refractivity contribution < 1.29 is 9.53 Å². The minimum atomic E-state index is -0.385. The topological polar surface area (TPSA) is 29.5 Å². The molecule has 0 amide bonds. The van der Waals surface area contributed by atoms with E-state index in [0.717, 1.165) is 47.8 Å². The van der Waals surface area contributed by atoms with Gasteiger partial charge in [-0.25, -0.2) is 0 Å². The lowest BCUT2D eigenvalue weighted by Gasteiger charge is -2.34. The van der Waals surface area contributed by atoms with Crippen LogP contribution in [-0.2, 0) is 9.12 Å². The number of nitrogens with zero attached hydrogens (tertiary/aromatic N) is 1. The number of hydrogen-bond donors (Lipinski definition) is 0. The first kappa shape index (κ1) is 23.8. The molecule has 3 nitrogen and oxygen atoms in total. The fourth-order valence-corrected chi connectivity index (χ4v) is 5.14. The molecule has 0 N–H and O–H groups in total. The summed E-state index contributed by atoms with van der Waals surface area (Å²) >= 11 is 5.70. The van der Waals surface area contributed by atoms with Crippen molar-refractivity contribution in [3.05, 3.63) is 54.2 Å². The lowest BCUT2D eigenvalue weighted by atomic mass is 9.88. The Morgan fingerprint density at radius 1 is 1.34 bits per heavy atom. The van der Waals surface area contributed by atoms with Crippen LogP contribution in [0.25, 0.3) is 0 Å². The third kappa shape index (κ3) is 6.02. The van der Waals surface area contributed by atoms with Gasteiger partial charge in [-0.2, -0.15) is 0 Å². The minimum absolute atomic E-state index is 0.385. The van der Waals surface area contributed by atoms with E-state index >= 15 is 0 Å². The predicted molar refractivity (Wildman–Crippen MR) is 130 cm³/mol. The lowest BCUT2D eigenvalue weighted by Crippen LogP contribution is -2.25. The summed E-state index contributed by atoms with van der Waals surface area (Å²) in [4.78, 5) is 14.5. The zero-order valence-corrected chi connectivity index (χ0v) is 20.2. The fraction of sp³-hybridized carbons (Fsp3) is 0.458.